The molecule has 5 nitrogen and oxygen atoms in total. The monoisotopic (exact) mass is 362 g/mol. The third-order valence-electron chi connectivity index (χ3n) is 3.28. The predicted molar refractivity (Wildman–Crippen MR) is 96.8 cm³/mol. The van der Waals surface area contributed by atoms with Crippen molar-refractivity contribution in [3.63, 3.8) is 0 Å². The van der Waals surface area contributed by atoms with E-state index < -0.39 is 21.7 Å². The molecule has 0 heterocycles. The van der Waals surface area contributed by atoms with Crippen LogP contribution in [0.3, 0.4) is 0 Å². The quantitative estimate of drug-likeness (QED) is 0.795. The molecular formula is C18H19FN2O3S. The highest BCUT2D eigenvalue weighted by Gasteiger charge is 2.08. The molecule has 2 N–H and O–H groups in total. The maximum absolute atomic E-state index is 13.0. The highest BCUT2D eigenvalue weighted by molar-refractivity contribution is 7.92. The first kappa shape index (κ1) is 18.8. The standard InChI is InChI=1S/C18H19FN2O3S/c1-14-5-7-15(8-6-14)10-12-25(23,24)20-11-9-18(22)21-17-4-2-3-16(19)13-17/h2-8,10,12-13,20H,9,11H2,1H3,(H,21,22)/b12-10+. The zero-order valence-corrected chi connectivity index (χ0v) is 14.5. The van der Waals surface area contributed by atoms with Gasteiger partial charge in [-0.25, -0.2) is 17.5 Å². The summed E-state index contributed by atoms with van der Waals surface area (Å²) in [5.74, 6) is -0.865. The molecule has 0 bridgehead atoms. The fraction of sp³-hybridized carbons (Fsp3) is 0.167. The van der Waals surface area contributed by atoms with Gasteiger partial charge in [0.25, 0.3) is 0 Å². The minimum atomic E-state index is -3.64. The second-order valence-electron chi connectivity index (χ2n) is 5.46. The molecule has 2 rings (SSSR count). The van der Waals surface area contributed by atoms with Gasteiger partial charge in [0.15, 0.2) is 0 Å². The normalized spacial score (nSPS) is 11.6. The Hall–Kier alpha value is -2.51. The van der Waals surface area contributed by atoms with Crippen molar-refractivity contribution in [3.05, 3.63) is 70.9 Å². The summed E-state index contributed by atoms with van der Waals surface area (Å²) < 4.78 is 39.1. The lowest BCUT2D eigenvalue weighted by Crippen LogP contribution is -2.26. The molecule has 0 spiro atoms. The summed E-state index contributed by atoms with van der Waals surface area (Å²) in [5, 5.41) is 3.56. The van der Waals surface area contributed by atoms with Crippen molar-refractivity contribution in [2.75, 3.05) is 11.9 Å². The van der Waals surface area contributed by atoms with E-state index in [4.69, 9.17) is 0 Å². The number of halogens is 1. The molecule has 0 atom stereocenters. The Labute approximate surface area is 146 Å². The first-order valence-corrected chi connectivity index (χ1v) is 9.18. The van der Waals surface area contributed by atoms with Crippen molar-refractivity contribution in [1.82, 2.24) is 4.72 Å². The maximum Gasteiger partial charge on any atom is 0.233 e. The van der Waals surface area contributed by atoms with Crippen molar-refractivity contribution in [2.24, 2.45) is 0 Å². The van der Waals surface area contributed by atoms with Gasteiger partial charge in [0.05, 0.1) is 0 Å². The van der Waals surface area contributed by atoms with Gasteiger partial charge in [-0.05, 0) is 36.8 Å². The highest BCUT2D eigenvalue weighted by Crippen LogP contribution is 2.09. The average molecular weight is 362 g/mol. The van der Waals surface area contributed by atoms with Crippen LogP contribution in [0.25, 0.3) is 6.08 Å². The molecular weight excluding hydrogens is 343 g/mol. The lowest BCUT2D eigenvalue weighted by Gasteiger charge is -2.06. The molecule has 0 radical (unpaired) electrons. The van der Waals surface area contributed by atoms with Crippen LogP contribution in [-0.2, 0) is 14.8 Å². The fourth-order valence-electron chi connectivity index (χ4n) is 1.99. The lowest BCUT2D eigenvalue weighted by molar-refractivity contribution is -0.116. The minimum Gasteiger partial charge on any atom is -0.326 e. The van der Waals surface area contributed by atoms with Crippen LogP contribution in [0, 0.1) is 12.7 Å². The Morgan fingerprint density at radius 3 is 2.56 bits per heavy atom. The molecule has 1 amide bonds. The Balaban J connectivity index is 1.81. The SMILES string of the molecule is Cc1ccc(/C=C/S(=O)(=O)NCCC(=O)Nc2cccc(F)c2)cc1. The first-order valence-electron chi connectivity index (χ1n) is 7.64. The molecule has 0 aliphatic carbocycles. The smallest absolute Gasteiger partial charge is 0.233 e. The zero-order valence-electron chi connectivity index (χ0n) is 13.7. The first-order chi connectivity index (χ1) is 11.8. The molecule has 7 heteroatoms. The predicted octanol–water partition coefficient (Wildman–Crippen LogP) is 3.05. The van der Waals surface area contributed by atoms with Crippen LogP contribution in [0.15, 0.2) is 53.9 Å². The number of nitrogens with one attached hydrogen (secondary N) is 2. The molecule has 0 fully saturated rings. The van der Waals surface area contributed by atoms with Crippen LogP contribution in [0.2, 0.25) is 0 Å². The topological polar surface area (TPSA) is 75.3 Å². The Bertz CT molecular complexity index is 862. The third kappa shape index (κ3) is 6.86. The number of carbonyl (C=O) groups is 1. The molecule has 0 aliphatic rings. The summed E-state index contributed by atoms with van der Waals surface area (Å²) in [5.41, 5.74) is 2.18. The van der Waals surface area contributed by atoms with Crippen LogP contribution in [0.5, 0.6) is 0 Å². The summed E-state index contributed by atoms with van der Waals surface area (Å²) in [6.45, 7) is 1.89. The van der Waals surface area contributed by atoms with Gasteiger partial charge in [-0.1, -0.05) is 35.9 Å². The van der Waals surface area contributed by atoms with E-state index in [1.54, 1.807) is 6.07 Å². The number of benzene rings is 2. The number of sulfonamides is 1. The van der Waals surface area contributed by atoms with Gasteiger partial charge in [-0.3, -0.25) is 4.79 Å². The van der Waals surface area contributed by atoms with E-state index in [-0.39, 0.29) is 13.0 Å². The molecule has 0 aromatic heterocycles. The molecule has 0 saturated carbocycles. The van der Waals surface area contributed by atoms with Gasteiger partial charge in [0, 0.05) is 24.1 Å². The number of hydrogen-bond acceptors (Lipinski definition) is 3. The summed E-state index contributed by atoms with van der Waals surface area (Å²) >= 11 is 0. The van der Waals surface area contributed by atoms with Crippen molar-refractivity contribution in [2.45, 2.75) is 13.3 Å². The van der Waals surface area contributed by atoms with E-state index in [0.29, 0.717) is 5.69 Å². The Morgan fingerprint density at radius 2 is 1.88 bits per heavy atom. The van der Waals surface area contributed by atoms with Crippen LogP contribution in [0.4, 0.5) is 10.1 Å². The fourth-order valence-corrected chi connectivity index (χ4v) is 2.81. The number of rotatable bonds is 7. The Morgan fingerprint density at radius 1 is 1.16 bits per heavy atom. The Kier molecular flexibility index (Phi) is 6.44. The molecule has 132 valence electrons. The summed E-state index contributed by atoms with van der Waals surface area (Å²) in [7, 11) is -3.64. The van der Waals surface area contributed by atoms with Gasteiger partial charge in [0.1, 0.15) is 5.82 Å². The van der Waals surface area contributed by atoms with Crippen LogP contribution >= 0.6 is 0 Å². The number of amides is 1. The molecule has 2 aromatic rings. The van der Waals surface area contributed by atoms with E-state index in [1.165, 1.54) is 24.3 Å². The van der Waals surface area contributed by atoms with E-state index in [1.807, 2.05) is 31.2 Å². The summed E-state index contributed by atoms with van der Waals surface area (Å²) in [6.07, 6.45) is 1.42. The minimum absolute atomic E-state index is 0.0538. The summed E-state index contributed by atoms with van der Waals surface area (Å²) in [6, 6.07) is 12.9. The largest absolute Gasteiger partial charge is 0.326 e. The van der Waals surface area contributed by atoms with E-state index in [0.717, 1.165) is 16.5 Å². The molecule has 25 heavy (non-hydrogen) atoms. The second kappa shape index (κ2) is 8.55. The maximum atomic E-state index is 13.0. The summed E-state index contributed by atoms with van der Waals surface area (Å²) in [4.78, 5) is 11.7. The van der Waals surface area contributed by atoms with Crippen molar-refractivity contribution in [3.8, 4) is 0 Å². The van der Waals surface area contributed by atoms with Crippen LogP contribution in [0.1, 0.15) is 17.5 Å². The van der Waals surface area contributed by atoms with Crippen molar-refractivity contribution < 1.29 is 17.6 Å². The van der Waals surface area contributed by atoms with Gasteiger partial charge in [0.2, 0.25) is 15.9 Å². The molecule has 0 aliphatic heterocycles. The number of anilines is 1. The van der Waals surface area contributed by atoms with Gasteiger partial charge in [-0.2, -0.15) is 0 Å². The van der Waals surface area contributed by atoms with Gasteiger partial charge in [-0.15, -0.1) is 0 Å². The second-order valence-corrected chi connectivity index (χ2v) is 7.11. The molecule has 2 aromatic carbocycles. The lowest BCUT2D eigenvalue weighted by atomic mass is 10.2. The zero-order chi connectivity index (χ0) is 18.3. The van der Waals surface area contributed by atoms with Gasteiger partial charge >= 0.3 is 0 Å². The number of carbonyl (C=O) groups excluding carboxylic acids is 1. The van der Waals surface area contributed by atoms with E-state index >= 15 is 0 Å². The van der Waals surface area contributed by atoms with Crippen molar-refractivity contribution >= 4 is 27.7 Å². The molecule has 0 unspecified atom stereocenters. The van der Waals surface area contributed by atoms with E-state index in [9.17, 15) is 17.6 Å². The van der Waals surface area contributed by atoms with Crippen molar-refractivity contribution in [1.29, 1.82) is 0 Å². The van der Waals surface area contributed by atoms with Crippen LogP contribution in [-0.4, -0.2) is 20.9 Å². The van der Waals surface area contributed by atoms with E-state index in [2.05, 4.69) is 10.0 Å². The highest BCUT2D eigenvalue weighted by atomic mass is 32.2. The molecule has 0 saturated heterocycles. The number of aryl methyl sites for hydroxylation is 1. The average Bonchev–Trinajstić information content (AvgIpc) is 2.54. The van der Waals surface area contributed by atoms with Crippen LogP contribution < -0.4 is 10.0 Å². The number of hydrogen-bond donors (Lipinski definition) is 2. The van der Waals surface area contributed by atoms with Gasteiger partial charge < -0.3 is 5.32 Å². The third-order valence-corrected chi connectivity index (χ3v) is 4.38.